The highest BCUT2D eigenvalue weighted by Gasteiger charge is 2.26. The standard InChI is InChI=1S/C19H21N3O3S2/c1-13-16-11-17(18(23)20-15-7-9-27(24,25)10-8-15)26-19(16)22(21-13)12-14-5-3-2-4-6-14/h2-6,11,15H,7-10,12H2,1H3,(H,20,23). The molecule has 142 valence electrons. The Bertz CT molecular complexity index is 1070. The van der Waals surface area contributed by atoms with E-state index in [1.54, 1.807) is 0 Å². The third kappa shape index (κ3) is 3.91. The molecule has 3 heterocycles. The van der Waals surface area contributed by atoms with Gasteiger partial charge in [0.05, 0.1) is 28.6 Å². The van der Waals surface area contributed by atoms with E-state index in [1.165, 1.54) is 11.3 Å². The predicted molar refractivity (Wildman–Crippen MR) is 107 cm³/mol. The topological polar surface area (TPSA) is 81.1 Å². The van der Waals surface area contributed by atoms with Crippen molar-refractivity contribution in [1.82, 2.24) is 15.1 Å². The third-order valence-corrected chi connectivity index (χ3v) is 7.76. The van der Waals surface area contributed by atoms with Gasteiger partial charge in [-0.2, -0.15) is 5.10 Å². The molecule has 1 aliphatic rings. The molecule has 8 heteroatoms. The smallest absolute Gasteiger partial charge is 0.261 e. The molecule has 3 aromatic rings. The van der Waals surface area contributed by atoms with Gasteiger partial charge in [0.1, 0.15) is 14.7 Å². The van der Waals surface area contributed by atoms with Crippen molar-refractivity contribution >= 4 is 37.3 Å². The van der Waals surface area contributed by atoms with Crippen molar-refractivity contribution in [1.29, 1.82) is 0 Å². The zero-order valence-corrected chi connectivity index (χ0v) is 16.6. The van der Waals surface area contributed by atoms with Crippen molar-refractivity contribution in [2.75, 3.05) is 11.5 Å². The van der Waals surface area contributed by atoms with Crippen LogP contribution in [0.5, 0.6) is 0 Å². The summed E-state index contributed by atoms with van der Waals surface area (Å²) in [4.78, 5) is 14.3. The molecular formula is C19H21N3O3S2. The Labute approximate surface area is 162 Å². The Balaban J connectivity index is 1.53. The first-order valence-electron chi connectivity index (χ1n) is 8.93. The maximum absolute atomic E-state index is 12.6. The summed E-state index contributed by atoms with van der Waals surface area (Å²) in [6.07, 6.45) is 0.972. The van der Waals surface area contributed by atoms with E-state index in [9.17, 15) is 13.2 Å². The van der Waals surface area contributed by atoms with E-state index in [2.05, 4.69) is 22.5 Å². The molecule has 27 heavy (non-hydrogen) atoms. The van der Waals surface area contributed by atoms with Gasteiger partial charge in [-0.05, 0) is 31.4 Å². The minimum absolute atomic E-state index is 0.0758. The van der Waals surface area contributed by atoms with Gasteiger partial charge in [0.25, 0.3) is 5.91 Å². The van der Waals surface area contributed by atoms with Crippen LogP contribution in [0.2, 0.25) is 0 Å². The Morgan fingerprint density at radius 1 is 1.26 bits per heavy atom. The van der Waals surface area contributed by atoms with E-state index in [1.807, 2.05) is 35.9 Å². The minimum Gasteiger partial charge on any atom is -0.349 e. The van der Waals surface area contributed by atoms with Gasteiger partial charge in [0.2, 0.25) is 0 Å². The first-order valence-corrected chi connectivity index (χ1v) is 11.6. The highest BCUT2D eigenvalue weighted by molar-refractivity contribution is 7.91. The predicted octanol–water partition coefficient (Wildman–Crippen LogP) is 2.76. The van der Waals surface area contributed by atoms with Crippen LogP contribution in [0.1, 0.15) is 33.8 Å². The highest BCUT2D eigenvalue weighted by Crippen LogP contribution is 2.29. The number of nitrogens with zero attached hydrogens (tertiary/aromatic N) is 2. The third-order valence-electron chi connectivity index (χ3n) is 4.90. The Morgan fingerprint density at radius 2 is 1.96 bits per heavy atom. The number of fused-ring (bicyclic) bond motifs is 1. The molecule has 0 spiro atoms. The Morgan fingerprint density at radius 3 is 2.67 bits per heavy atom. The molecule has 0 atom stereocenters. The van der Waals surface area contributed by atoms with Gasteiger partial charge in [0, 0.05) is 11.4 Å². The number of benzene rings is 1. The lowest BCUT2D eigenvalue weighted by Crippen LogP contribution is -2.40. The molecule has 0 aliphatic carbocycles. The van der Waals surface area contributed by atoms with Crippen LogP contribution < -0.4 is 5.32 Å². The Kier molecular flexibility index (Phi) is 4.77. The first-order chi connectivity index (χ1) is 12.9. The molecule has 0 radical (unpaired) electrons. The molecule has 1 amide bonds. The maximum atomic E-state index is 12.6. The number of aromatic nitrogens is 2. The number of hydrogen-bond acceptors (Lipinski definition) is 5. The fraction of sp³-hybridized carbons (Fsp3) is 0.368. The number of aryl methyl sites for hydroxylation is 1. The fourth-order valence-corrected chi connectivity index (χ4v) is 5.93. The molecule has 1 fully saturated rings. The monoisotopic (exact) mass is 403 g/mol. The van der Waals surface area contributed by atoms with E-state index in [4.69, 9.17) is 0 Å². The fourth-order valence-electron chi connectivity index (χ4n) is 3.38. The van der Waals surface area contributed by atoms with Crippen molar-refractivity contribution in [2.45, 2.75) is 32.4 Å². The maximum Gasteiger partial charge on any atom is 0.261 e. The highest BCUT2D eigenvalue weighted by atomic mass is 32.2. The van der Waals surface area contributed by atoms with Crippen molar-refractivity contribution < 1.29 is 13.2 Å². The van der Waals surface area contributed by atoms with E-state index >= 15 is 0 Å². The van der Waals surface area contributed by atoms with E-state index in [0.29, 0.717) is 24.3 Å². The van der Waals surface area contributed by atoms with Crippen LogP contribution in [0.15, 0.2) is 36.4 Å². The number of carbonyl (C=O) groups excluding carboxylic acids is 1. The number of nitrogens with one attached hydrogen (secondary N) is 1. The van der Waals surface area contributed by atoms with Gasteiger partial charge in [-0.25, -0.2) is 8.42 Å². The SMILES string of the molecule is Cc1nn(Cc2ccccc2)c2sc(C(=O)NC3CCS(=O)(=O)CC3)cc12. The van der Waals surface area contributed by atoms with E-state index in [0.717, 1.165) is 21.5 Å². The van der Waals surface area contributed by atoms with Crippen molar-refractivity contribution in [3.63, 3.8) is 0 Å². The van der Waals surface area contributed by atoms with Crippen LogP contribution in [-0.4, -0.2) is 41.7 Å². The second-order valence-corrected chi connectivity index (χ2v) is 10.3. The molecule has 0 saturated carbocycles. The van der Waals surface area contributed by atoms with Gasteiger partial charge in [0.15, 0.2) is 0 Å². The number of carbonyl (C=O) groups is 1. The molecule has 1 N–H and O–H groups in total. The second-order valence-electron chi connectivity index (χ2n) is 6.96. The molecule has 6 nitrogen and oxygen atoms in total. The van der Waals surface area contributed by atoms with E-state index in [-0.39, 0.29) is 23.5 Å². The molecular weight excluding hydrogens is 382 g/mol. The summed E-state index contributed by atoms with van der Waals surface area (Å²) in [6, 6.07) is 11.9. The summed E-state index contributed by atoms with van der Waals surface area (Å²) in [5.74, 6) is 0.163. The first kappa shape index (κ1) is 18.2. The van der Waals surface area contributed by atoms with Crippen LogP contribution >= 0.6 is 11.3 Å². The lowest BCUT2D eigenvalue weighted by Gasteiger charge is -2.22. The van der Waals surface area contributed by atoms with Crippen LogP contribution in [0.25, 0.3) is 10.2 Å². The summed E-state index contributed by atoms with van der Waals surface area (Å²) in [6.45, 7) is 2.61. The van der Waals surface area contributed by atoms with Crippen LogP contribution in [-0.2, 0) is 16.4 Å². The summed E-state index contributed by atoms with van der Waals surface area (Å²) in [5.41, 5.74) is 2.06. The molecule has 2 aromatic heterocycles. The van der Waals surface area contributed by atoms with Gasteiger partial charge in [-0.15, -0.1) is 11.3 Å². The molecule has 4 rings (SSSR count). The van der Waals surface area contributed by atoms with Crippen LogP contribution in [0, 0.1) is 6.92 Å². The average molecular weight is 404 g/mol. The normalized spacial score (nSPS) is 17.2. The lowest BCUT2D eigenvalue weighted by molar-refractivity contribution is 0.0938. The zero-order chi connectivity index (χ0) is 19.0. The number of hydrogen-bond donors (Lipinski definition) is 1. The largest absolute Gasteiger partial charge is 0.349 e. The quantitative estimate of drug-likeness (QED) is 0.726. The van der Waals surface area contributed by atoms with E-state index < -0.39 is 9.84 Å². The number of amides is 1. The molecule has 0 bridgehead atoms. The van der Waals surface area contributed by atoms with Crippen LogP contribution in [0.3, 0.4) is 0 Å². The van der Waals surface area contributed by atoms with Gasteiger partial charge in [-0.3, -0.25) is 9.48 Å². The van der Waals surface area contributed by atoms with Gasteiger partial charge >= 0.3 is 0 Å². The summed E-state index contributed by atoms with van der Waals surface area (Å²) >= 11 is 1.43. The van der Waals surface area contributed by atoms with Crippen molar-refractivity contribution in [2.24, 2.45) is 0 Å². The lowest BCUT2D eigenvalue weighted by atomic mass is 10.1. The summed E-state index contributed by atoms with van der Waals surface area (Å²) < 4.78 is 25.0. The second kappa shape index (κ2) is 7.09. The number of rotatable bonds is 4. The Hall–Kier alpha value is -2.19. The zero-order valence-electron chi connectivity index (χ0n) is 15.0. The number of sulfone groups is 1. The van der Waals surface area contributed by atoms with Crippen molar-refractivity contribution in [3.8, 4) is 0 Å². The molecule has 0 unspecified atom stereocenters. The average Bonchev–Trinajstić information content (AvgIpc) is 3.20. The summed E-state index contributed by atoms with van der Waals surface area (Å²) in [7, 11) is -2.93. The van der Waals surface area contributed by atoms with Crippen LogP contribution in [0.4, 0.5) is 0 Å². The number of thiophene rings is 1. The van der Waals surface area contributed by atoms with Gasteiger partial charge < -0.3 is 5.32 Å². The molecule has 1 saturated heterocycles. The van der Waals surface area contributed by atoms with Crippen molar-refractivity contribution in [3.05, 3.63) is 52.5 Å². The molecule has 1 aromatic carbocycles. The molecule has 1 aliphatic heterocycles. The van der Waals surface area contributed by atoms with Gasteiger partial charge in [-0.1, -0.05) is 30.3 Å². The summed E-state index contributed by atoms with van der Waals surface area (Å²) in [5, 5.41) is 8.59. The minimum atomic E-state index is -2.93.